The molecule has 1 unspecified atom stereocenters. The van der Waals surface area contributed by atoms with Crippen LogP contribution in [-0.4, -0.2) is 60.2 Å². The van der Waals surface area contributed by atoms with Crippen molar-refractivity contribution in [3.63, 3.8) is 0 Å². The molecule has 1 saturated heterocycles. The first-order valence-electron chi connectivity index (χ1n) is 7.92. The Kier molecular flexibility index (Phi) is 6.20. The zero-order chi connectivity index (χ0) is 15.1. The van der Waals surface area contributed by atoms with Crippen molar-refractivity contribution < 1.29 is 4.74 Å². The lowest BCUT2D eigenvalue weighted by molar-refractivity contribution is 0.173. The molecule has 0 radical (unpaired) electrons. The SMILES string of the molecule is CCOc1cncc(N2CCN(C(CC)CCN)CC2)n1. The van der Waals surface area contributed by atoms with Crippen molar-refractivity contribution in [2.24, 2.45) is 5.73 Å². The van der Waals surface area contributed by atoms with Crippen LogP contribution in [-0.2, 0) is 0 Å². The molecule has 0 bridgehead atoms. The van der Waals surface area contributed by atoms with Gasteiger partial charge in [-0.3, -0.25) is 9.88 Å². The Morgan fingerprint density at radius 2 is 2.00 bits per heavy atom. The third-order valence-electron chi connectivity index (χ3n) is 4.02. The Bertz CT molecular complexity index is 420. The summed E-state index contributed by atoms with van der Waals surface area (Å²) in [5.41, 5.74) is 5.71. The predicted octanol–water partition coefficient (Wildman–Crippen LogP) is 1.12. The summed E-state index contributed by atoms with van der Waals surface area (Å²) in [4.78, 5) is 13.6. The fourth-order valence-electron chi connectivity index (χ4n) is 2.86. The molecule has 2 N–H and O–H groups in total. The molecule has 2 heterocycles. The molecule has 1 aliphatic rings. The van der Waals surface area contributed by atoms with Crippen LogP contribution in [0.15, 0.2) is 12.4 Å². The molecular weight excluding hydrogens is 266 g/mol. The summed E-state index contributed by atoms with van der Waals surface area (Å²) in [5.74, 6) is 1.51. The Morgan fingerprint density at radius 3 is 2.62 bits per heavy atom. The van der Waals surface area contributed by atoms with E-state index in [4.69, 9.17) is 10.5 Å². The van der Waals surface area contributed by atoms with E-state index in [-0.39, 0.29) is 0 Å². The van der Waals surface area contributed by atoms with Crippen molar-refractivity contribution in [3.8, 4) is 5.88 Å². The van der Waals surface area contributed by atoms with E-state index in [1.807, 2.05) is 13.1 Å². The molecule has 1 atom stereocenters. The van der Waals surface area contributed by atoms with E-state index in [1.165, 1.54) is 0 Å². The highest BCUT2D eigenvalue weighted by atomic mass is 16.5. The first-order valence-corrected chi connectivity index (χ1v) is 7.92. The van der Waals surface area contributed by atoms with Gasteiger partial charge in [-0.05, 0) is 26.3 Å². The van der Waals surface area contributed by atoms with Gasteiger partial charge in [-0.2, -0.15) is 4.98 Å². The maximum Gasteiger partial charge on any atom is 0.234 e. The van der Waals surface area contributed by atoms with E-state index >= 15 is 0 Å². The highest BCUT2D eigenvalue weighted by Crippen LogP contribution is 2.18. The number of ether oxygens (including phenoxy) is 1. The van der Waals surface area contributed by atoms with Crippen LogP contribution < -0.4 is 15.4 Å². The molecule has 1 aromatic heterocycles. The van der Waals surface area contributed by atoms with Crippen molar-refractivity contribution in [2.45, 2.75) is 32.7 Å². The van der Waals surface area contributed by atoms with Crippen LogP contribution in [0.3, 0.4) is 0 Å². The van der Waals surface area contributed by atoms with Crippen LogP contribution in [0.25, 0.3) is 0 Å². The van der Waals surface area contributed by atoms with Gasteiger partial charge in [0, 0.05) is 32.2 Å². The predicted molar refractivity (Wildman–Crippen MR) is 84.7 cm³/mol. The van der Waals surface area contributed by atoms with Gasteiger partial charge in [-0.25, -0.2) is 0 Å². The summed E-state index contributed by atoms with van der Waals surface area (Å²) < 4.78 is 5.42. The number of piperazine rings is 1. The zero-order valence-corrected chi connectivity index (χ0v) is 13.2. The molecule has 0 aromatic carbocycles. The number of nitrogens with zero attached hydrogens (tertiary/aromatic N) is 4. The minimum Gasteiger partial charge on any atom is -0.477 e. The molecule has 2 rings (SSSR count). The second kappa shape index (κ2) is 8.14. The van der Waals surface area contributed by atoms with Gasteiger partial charge in [0.25, 0.3) is 0 Å². The minimum absolute atomic E-state index is 0.604. The van der Waals surface area contributed by atoms with E-state index < -0.39 is 0 Å². The number of hydrogen-bond acceptors (Lipinski definition) is 6. The van der Waals surface area contributed by atoms with Crippen LogP contribution in [0.2, 0.25) is 0 Å². The lowest BCUT2D eigenvalue weighted by Gasteiger charge is -2.39. The summed E-state index contributed by atoms with van der Waals surface area (Å²) >= 11 is 0. The van der Waals surface area contributed by atoms with E-state index in [0.29, 0.717) is 18.5 Å². The average Bonchev–Trinajstić information content (AvgIpc) is 2.53. The number of aromatic nitrogens is 2. The summed E-state index contributed by atoms with van der Waals surface area (Å²) in [6, 6.07) is 0.609. The van der Waals surface area contributed by atoms with E-state index in [1.54, 1.807) is 6.20 Å². The van der Waals surface area contributed by atoms with Gasteiger partial charge >= 0.3 is 0 Å². The molecule has 0 saturated carbocycles. The van der Waals surface area contributed by atoms with Crippen LogP contribution in [0, 0.1) is 0 Å². The van der Waals surface area contributed by atoms with Gasteiger partial charge in [0.15, 0.2) is 5.82 Å². The summed E-state index contributed by atoms with van der Waals surface area (Å²) in [7, 11) is 0. The second-order valence-electron chi connectivity index (χ2n) is 5.31. The Morgan fingerprint density at radius 1 is 1.24 bits per heavy atom. The molecule has 21 heavy (non-hydrogen) atoms. The number of hydrogen-bond donors (Lipinski definition) is 1. The standard InChI is InChI=1S/C15H27N5O/c1-3-13(5-6-16)19-7-9-20(10-8-19)14-11-17-12-15(18-14)21-4-2/h11-13H,3-10,16H2,1-2H3. The van der Waals surface area contributed by atoms with Crippen LogP contribution in [0.5, 0.6) is 5.88 Å². The summed E-state index contributed by atoms with van der Waals surface area (Å²) in [5, 5.41) is 0. The Hall–Kier alpha value is -1.40. The molecule has 1 aliphatic heterocycles. The summed E-state index contributed by atoms with van der Waals surface area (Å²) in [6.07, 6.45) is 5.72. The quantitative estimate of drug-likeness (QED) is 0.813. The minimum atomic E-state index is 0.604. The van der Waals surface area contributed by atoms with Crippen LogP contribution >= 0.6 is 0 Å². The fraction of sp³-hybridized carbons (Fsp3) is 0.733. The fourth-order valence-corrected chi connectivity index (χ4v) is 2.86. The summed E-state index contributed by atoms with van der Waals surface area (Å²) in [6.45, 7) is 9.64. The second-order valence-corrected chi connectivity index (χ2v) is 5.31. The van der Waals surface area contributed by atoms with E-state index in [2.05, 4.69) is 26.7 Å². The molecule has 118 valence electrons. The Labute approximate surface area is 127 Å². The van der Waals surface area contributed by atoms with Gasteiger partial charge in [0.1, 0.15) is 0 Å². The molecule has 1 fully saturated rings. The average molecular weight is 293 g/mol. The van der Waals surface area contributed by atoms with Gasteiger partial charge < -0.3 is 15.4 Å². The topological polar surface area (TPSA) is 67.5 Å². The van der Waals surface area contributed by atoms with Crippen molar-refractivity contribution in [1.29, 1.82) is 0 Å². The first-order chi connectivity index (χ1) is 10.3. The molecule has 1 aromatic rings. The molecule has 6 nitrogen and oxygen atoms in total. The van der Waals surface area contributed by atoms with Crippen molar-refractivity contribution in [3.05, 3.63) is 12.4 Å². The maximum atomic E-state index is 5.71. The van der Waals surface area contributed by atoms with Crippen molar-refractivity contribution in [1.82, 2.24) is 14.9 Å². The zero-order valence-electron chi connectivity index (χ0n) is 13.2. The molecule has 0 spiro atoms. The van der Waals surface area contributed by atoms with Crippen LogP contribution in [0.1, 0.15) is 26.7 Å². The number of anilines is 1. The van der Waals surface area contributed by atoms with Crippen molar-refractivity contribution in [2.75, 3.05) is 44.2 Å². The van der Waals surface area contributed by atoms with Gasteiger partial charge in [0.05, 0.1) is 19.0 Å². The molecule has 0 amide bonds. The highest BCUT2D eigenvalue weighted by Gasteiger charge is 2.23. The molecule has 6 heteroatoms. The largest absolute Gasteiger partial charge is 0.477 e. The third-order valence-corrected chi connectivity index (χ3v) is 4.02. The lowest BCUT2D eigenvalue weighted by atomic mass is 10.1. The van der Waals surface area contributed by atoms with Crippen LogP contribution in [0.4, 0.5) is 5.82 Å². The smallest absolute Gasteiger partial charge is 0.234 e. The van der Waals surface area contributed by atoms with Gasteiger partial charge in [-0.15, -0.1) is 0 Å². The third kappa shape index (κ3) is 4.28. The lowest BCUT2D eigenvalue weighted by Crippen LogP contribution is -2.51. The number of rotatable bonds is 7. The molecular formula is C15H27N5O. The number of nitrogens with two attached hydrogens (primary N) is 1. The van der Waals surface area contributed by atoms with E-state index in [9.17, 15) is 0 Å². The first kappa shape index (κ1) is 16.0. The highest BCUT2D eigenvalue weighted by molar-refractivity contribution is 5.38. The van der Waals surface area contributed by atoms with Gasteiger partial charge in [0.2, 0.25) is 5.88 Å². The Balaban J connectivity index is 1.92. The maximum absolute atomic E-state index is 5.71. The monoisotopic (exact) mass is 293 g/mol. The van der Waals surface area contributed by atoms with E-state index in [0.717, 1.165) is 51.4 Å². The van der Waals surface area contributed by atoms with Crippen molar-refractivity contribution >= 4 is 5.82 Å². The normalized spacial score (nSPS) is 17.8. The van der Waals surface area contributed by atoms with Gasteiger partial charge in [-0.1, -0.05) is 6.92 Å². The molecule has 0 aliphatic carbocycles.